The van der Waals surface area contributed by atoms with Gasteiger partial charge in [-0.3, -0.25) is 14.5 Å². The monoisotopic (exact) mass is 435 g/mol. The molecule has 0 amide bonds. The van der Waals surface area contributed by atoms with Gasteiger partial charge in [0.25, 0.3) is 0 Å². The van der Waals surface area contributed by atoms with Crippen molar-refractivity contribution >= 4 is 33.5 Å². The Hall–Kier alpha value is -0.480. The van der Waals surface area contributed by atoms with Crippen LogP contribution in [0.2, 0.25) is 0 Å². The fourth-order valence-corrected chi connectivity index (χ4v) is 4.28. The quantitative estimate of drug-likeness (QED) is 0.218. The van der Waals surface area contributed by atoms with Crippen LogP contribution in [0, 0.1) is 0 Å². The molecule has 0 aromatic heterocycles. The summed E-state index contributed by atoms with van der Waals surface area (Å²) < 4.78 is 10.4. The van der Waals surface area contributed by atoms with Crippen LogP contribution < -0.4 is 0 Å². The van der Waals surface area contributed by atoms with Crippen molar-refractivity contribution in [3.63, 3.8) is 0 Å². The number of nitrogens with zero attached hydrogens (tertiary/aromatic N) is 3. The first kappa shape index (κ1) is 25.6. The summed E-state index contributed by atoms with van der Waals surface area (Å²) in [6.07, 6.45) is 1.74. The highest BCUT2D eigenvalue weighted by molar-refractivity contribution is 8.76. The number of carbonyl (C=O) groups excluding carboxylic acids is 2. The summed E-state index contributed by atoms with van der Waals surface area (Å²) in [6, 6.07) is 0. The highest BCUT2D eigenvalue weighted by atomic mass is 33.1. The Morgan fingerprint density at radius 1 is 0.929 bits per heavy atom. The number of carbonyl (C=O) groups is 2. The van der Waals surface area contributed by atoms with Crippen molar-refractivity contribution in [2.45, 2.75) is 26.2 Å². The van der Waals surface area contributed by atoms with Gasteiger partial charge in [-0.05, 0) is 20.5 Å². The first-order valence-electron chi connectivity index (χ1n) is 10.2. The summed E-state index contributed by atoms with van der Waals surface area (Å²) in [5.74, 6) is 1.24. The topological polar surface area (TPSA) is 62.3 Å². The van der Waals surface area contributed by atoms with Crippen molar-refractivity contribution in [2.24, 2.45) is 0 Å². The van der Waals surface area contributed by atoms with Crippen molar-refractivity contribution in [3.05, 3.63) is 0 Å². The van der Waals surface area contributed by atoms with Gasteiger partial charge in [0.1, 0.15) is 13.2 Å². The van der Waals surface area contributed by atoms with Crippen molar-refractivity contribution in [1.29, 1.82) is 0 Å². The van der Waals surface area contributed by atoms with Crippen LogP contribution in [0.15, 0.2) is 0 Å². The first-order chi connectivity index (χ1) is 13.5. The second kappa shape index (κ2) is 16.3. The molecule has 0 saturated carbocycles. The zero-order chi connectivity index (χ0) is 20.6. The average Bonchev–Trinajstić information content (AvgIpc) is 2.68. The van der Waals surface area contributed by atoms with Crippen LogP contribution in [0.25, 0.3) is 0 Å². The van der Waals surface area contributed by atoms with Crippen molar-refractivity contribution in [1.82, 2.24) is 14.7 Å². The average molecular weight is 436 g/mol. The van der Waals surface area contributed by atoms with Gasteiger partial charge in [0.15, 0.2) is 0 Å². The van der Waals surface area contributed by atoms with Crippen molar-refractivity contribution < 1.29 is 19.1 Å². The van der Waals surface area contributed by atoms with Crippen molar-refractivity contribution in [3.8, 4) is 0 Å². The van der Waals surface area contributed by atoms with Gasteiger partial charge in [0, 0.05) is 63.7 Å². The van der Waals surface area contributed by atoms with Gasteiger partial charge in [-0.1, -0.05) is 28.5 Å². The van der Waals surface area contributed by atoms with E-state index in [1.54, 1.807) is 21.6 Å². The number of esters is 2. The predicted molar refractivity (Wildman–Crippen MR) is 118 cm³/mol. The molecular weight excluding hydrogens is 398 g/mol. The molecule has 0 N–H and O–H groups in total. The molecule has 9 heteroatoms. The molecule has 1 saturated heterocycles. The largest absolute Gasteiger partial charge is 0.465 e. The molecule has 28 heavy (non-hydrogen) atoms. The van der Waals surface area contributed by atoms with E-state index in [0.717, 1.165) is 63.7 Å². The fourth-order valence-electron chi connectivity index (χ4n) is 2.62. The van der Waals surface area contributed by atoms with Gasteiger partial charge >= 0.3 is 11.9 Å². The predicted octanol–water partition coefficient (Wildman–Crippen LogP) is 1.82. The summed E-state index contributed by atoms with van der Waals surface area (Å²) >= 11 is 0. The number of piperazine rings is 1. The molecule has 0 aliphatic carbocycles. The molecule has 0 unspecified atom stereocenters. The van der Waals surface area contributed by atoms with Crippen LogP contribution in [-0.2, 0) is 19.1 Å². The normalized spacial score (nSPS) is 15.7. The number of likely N-dealkylation sites (N-methyl/N-ethyl adjacent to an activating group) is 2. The van der Waals surface area contributed by atoms with Gasteiger partial charge in [0.05, 0.1) is 6.42 Å². The third kappa shape index (κ3) is 13.7. The molecule has 0 bridgehead atoms. The maximum absolute atomic E-state index is 11.8. The molecule has 1 rings (SSSR count). The van der Waals surface area contributed by atoms with Gasteiger partial charge in [-0.15, -0.1) is 0 Å². The zero-order valence-corrected chi connectivity index (χ0v) is 19.3. The number of hydrogen-bond acceptors (Lipinski definition) is 9. The summed E-state index contributed by atoms with van der Waals surface area (Å²) in [7, 11) is 7.50. The third-order valence-electron chi connectivity index (χ3n) is 4.49. The molecule has 1 fully saturated rings. The Bertz CT molecular complexity index is 435. The lowest BCUT2D eigenvalue weighted by molar-refractivity contribution is -0.144. The van der Waals surface area contributed by atoms with Gasteiger partial charge in [-0.2, -0.15) is 0 Å². The van der Waals surface area contributed by atoms with E-state index in [-0.39, 0.29) is 11.9 Å². The maximum atomic E-state index is 11.8. The maximum Gasteiger partial charge on any atom is 0.307 e. The van der Waals surface area contributed by atoms with Crippen molar-refractivity contribution in [2.75, 3.05) is 84.6 Å². The third-order valence-corrected chi connectivity index (χ3v) is 6.82. The molecule has 164 valence electrons. The van der Waals surface area contributed by atoms with Gasteiger partial charge in [-0.25, -0.2) is 0 Å². The second-order valence-electron chi connectivity index (χ2n) is 7.03. The highest BCUT2D eigenvalue weighted by Gasteiger charge is 2.14. The van der Waals surface area contributed by atoms with Gasteiger partial charge < -0.3 is 19.3 Å². The lowest BCUT2D eigenvalue weighted by Gasteiger charge is -2.33. The van der Waals surface area contributed by atoms with E-state index in [9.17, 15) is 9.59 Å². The van der Waals surface area contributed by atoms with Crippen LogP contribution in [0.5, 0.6) is 0 Å². The van der Waals surface area contributed by atoms with E-state index in [1.807, 2.05) is 6.92 Å². The molecule has 7 nitrogen and oxygen atoms in total. The second-order valence-corrected chi connectivity index (χ2v) is 9.74. The Kier molecular flexibility index (Phi) is 14.9. The zero-order valence-electron chi connectivity index (χ0n) is 17.7. The fraction of sp³-hybridized carbons (Fsp3) is 0.895. The van der Waals surface area contributed by atoms with Crippen LogP contribution in [0.3, 0.4) is 0 Å². The number of rotatable bonds is 15. The Morgan fingerprint density at radius 2 is 1.50 bits per heavy atom. The lowest BCUT2D eigenvalue weighted by Crippen LogP contribution is -2.46. The van der Waals surface area contributed by atoms with E-state index in [0.29, 0.717) is 26.1 Å². The molecular formula is C19H37N3O4S2. The highest BCUT2D eigenvalue weighted by Crippen LogP contribution is 2.20. The Balaban J connectivity index is 1.90. The first-order valence-corrected chi connectivity index (χ1v) is 12.6. The number of ether oxygens (including phenoxy) is 2. The van der Waals surface area contributed by atoms with Crippen LogP contribution in [-0.4, -0.2) is 111 Å². The summed E-state index contributed by atoms with van der Waals surface area (Å²) in [4.78, 5) is 30.1. The van der Waals surface area contributed by atoms with E-state index in [4.69, 9.17) is 9.47 Å². The molecule has 0 aromatic rings. The van der Waals surface area contributed by atoms with Crippen LogP contribution >= 0.6 is 21.6 Å². The molecule has 0 spiro atoms. The standard InChI is InChI=1S/C19H37N3O4S2/c1-4-5-18(23)25-14-16-27-28-17-15-26-19(24)6-7-20(2)8-11-22-12-9-21(3)10-13-22/h4-17H2,1-3H3. The van der Waals surface area contributed by atoms with E-state index < -0.39 is 0 Å². The van der Waals surface area contributed by atoms with E-state index in [1.165, 1.54) is 0 Å². The minimum atomic E-state index is -0.134. The lowest BCUT2D eigenvalue weighted by atomic mass is 10.3. The minimum Gasteiger partial charge on any atom is -0.465 e. The summed E-state index contributed by atoms with van der Waals surface area (Å²) in [6.45, 7) is 10.1. The smallest absolute Gasteiger partial charge is 0.307 e. The minimum absolute atomic E-state index is 0.129. The number of hydrogen-bond donors (Lipinski definition) is 0. The van der Waals surface area contributed by atoms with Crippen LogP contribution in [0.4, 0.5) is 0 Å². The molecule has 0 radical (unpaired) electrons. The molecule has 1 aliphatic rings. The Labute approximate surface area is 178 Å². The van der Waals surface area contributed by atoms with Gasteiger partial charge in [0.2, 0.25) is 0 Å². The van der Waals surface area contributed by atoms with Crippen LogP contribution in [0.1, 0.15) is 26.2 Å². The SMILES string of the molecule is CCCC(=O)OCCSSCCOC(=O)CCN(C)CCN1CCN(C)CC1. The van der Waals surface area contributed by atoms with E-state index in [2.05, 4.69) is 28.8 Å². The molecule has 0 aromatic carbocycles. The summed E-state index contributed by atoms with van der Waals surface area (Å²) in [5.41, 5.74) is 0. The van der Waals surface area contributed by atoms with E-state index >= 15 is 0 Å². The Morgan fingerprint density at radius 3 is 2.07 bits per heavy atom. The molecule has 0 atom stereocenters. The summed E-state index contributed by atoms with van der Waals surface area (Å²) in [5, 5.41) is 0. The molecule has 1 aliphatic heterocycles. The molecule has 1 heterocycles.